The van der Waals surface area contributed by atoms with Gasteiger partial charge in [-0.2, -0.15) is 0 Å². The summed E-state index contributed by atoms with van der Waals surface area (Å²) in [6, 6.07) is 9.82. The highest BCUT2D eigenvalue weighted by atomic mass is 35.5. The van der Waals surface area contributed by atoms with Crippen LogP contribution >= 0.6 is 11.6 Å². The van der Waals surface area contributed by atoms with Crippen molar-refractivity contribution in [3.8, 4) is 11.1 Å². The van der Waals surface area contributed by atoms with Gasteiger partial charge in [-0.15, -0.1) is 0 Å². The van der Waals surface area contributed by atoms with Gasteiger partial charge in [-0.25, -0.2) is 9.18 Å². The lowest BCUT2D eigenvalue weighted by molar-refractivity contribution is -0.159. The summed E-state index contributed by atoms with van der Waals surface area (Å²) in [5, 5.41) is 0.637. The minimum absolute atomic E-state index is 0.127. The zero-order chi connectivity index (χ0) is 26.0. The van der Waals surface area contributed by atoms with Gasteiger partial charge in [-0.05, 0) is 56.5 Å². The maximum Gasteiger partial charge on any atom is 0.336 e. The molecule has 0 spiro atoms. The van der Waals surface area contributed by atoms with E-state index in [0.717, 1.165) is 6.07 Å². The number of esters is 1. The number of carbonyl (C=O) groups excluding carboxylic acids is 3. The van der Waals surface area contributed by atoms with Crippen LogP contribution < -0.4 is 5.63 Å². The van der Waals surface area contributed by atoms with Gasteiger partial charge in [-0.3, -0.25) is 9.59 Å². The van der Waals surface area contributed by atoms with Crippen LogP contribution in [0.25, 0.3) is 22.1 Å². The third kappa shape index (κ3) is 4.91. The molecule has 1 fully saturated rings. The molecule has 0 saturated carbocycles. The number of ether oxygens (including phenoxy) is 1. The van der Waals surface area contributed by atoms with E-state index < -0.39 is 28.7 Å². The molecule has 3 aromatic rings. The van der Waals surface area contributed by atoms with Crippen molar-refractivity contribution in [3.63, 3.8) is 0 Å². The van der Waals surface area contributed by atoms with Gasteiger partial charge in [0.2, 0.25) is 5.91 Å². The Morgan fingerprint density at radius 3 is 2.69 bits per heavy atom. The van der Waals surface area contributed by atoms with Crippen LogP contribution in [0.1, 0.15) is 38.2 Å². The van der Waals surface area contributed by atoms with Crippen molar-refractivity contribution in [2.45, 2.75) is 32.6 Å². The van der Waals surface area contributed by atoms with Crippen molar-refractivity contribution in [1.82, 2.24) is 4.90 Å². The molecule has 1 amide bonds. The number of piperidine rings is 1. The largest absolute Gasteiger partial charge is 0.466 e. The summed E-state index contributed by atoms with van der Waals surface area (Å²) in [6.07, 6.45) is 1.72. The second-order valence-electron chi connectivity index (χ2n) is 9.12. The van der Waals surface area contributed by atoms with E-state index in [2.05, 4.69) is 0 Å². The number of rotatable bonds is 6. The van der Waals surface area contributed by atoms with Crippen LogP contribution in [-0.4, -0.2) is 42.8 Å². The van der Waals surface area contributed by atoms with Gasteiger partial charge in [0.05, 0.1) is 17.0 Å². The van der Waals surface area contributed by atoms with Crippen molar-refractivity contribution < 1.29 is 27.9 Å². The number of nitrogens with zero attached hydrogens (tertiary/aromatic N) is 1. The van der Waals surface area contributed by atoms with Crippen molar-refractivity contribution in [2.75, 3.05) is 19.7 Å². The molecule has 1 aliphatic heterocycles. The van der Waals surface area contributed by atoms with Gasteiger partial charge >= 0.3 is 11.6 Å². The molecule has 0 radical (unpaired) electrons. The molecule has 36 heavy (non-hydrogen) atoms. The number of hydrogen-bond acceptors (Lipinski definition) is 6. The Morgan fingerprint density at radius 2 is 2.00 bits per heavy atom. The average molecular weight is 514 g/mol. The molecule has 0 N–H and O–H groups in total. The van der Waals surface area contributed by atoms with Crippen molar-refractivity contribution in [2.24, 2.45) is 5.41 Å². The Kier molecular flexibility index (Phi) is 7.26. The van der Waals surface area contributed by atoms with E-state index in [1.54, 1.807) is 26.0 Å². The van der Waals surface area contributed by atoms with Crippen LogP contribution in [0, 0.1) is 11.2 Å². The number of likely N-dealkylation sites (tertiary alicyclic amines) is 1. The molecule has 1 saturated heterocycles. The number of amides is 1. The van der Waals surface area contributed by atoms with E-state index in [9.17, 15) is 23.6 Å². The Bertz CT molecular complexity index is 1400. The van der Waals surface area contributed by atoms with E-state index in [4.69, 9.17) is 20.8 Å². The fourth-order valence-corrected chi connectivity index (χ4v) is 4.95. The van der Waals surface area contributed by atoms with Gasteiger partial charge in [0.1, 0.15) is 23.6 Å². The van der Waals surface area contributed by atoms with Crippen molar-refractivity contribution in [1.29, 1.82) is 0 Å². The summed E-state index contributed by atoms with van der Waals surface area (Å²) in [4.78, 5) is 51.7. The number of hydrogen-bond donors (Lipinski definition) is 0. The number of fused-ring (bicyclic) bond motifs is 1. The first-order chi connectivity index (χ1) is 17.2. The maximum absolute atomic E-state index is 13.5. The predicted octanol–water partition coefficient (Wildman–Crippen LogP) is 4.73. The van der Waals surface area contributed by atoms with Crippen LogP contribution in [0.3, 0.4) is 0 Å². The summed E-state index contributed by atoms with van der Waals surface area (Å²) in [6.45, 7) is 4.28. The van der Waals surface area contributed by atoms with Gasteiger partial charge in [0.25, 0.3) is 0 Å². The number of carbonyl (C=O) groups is 3. The van der Waals surface area contributed by atoms with Gasteiger partial charge in [0, 0.05) is 35.7 Å². The molecule has 1 aromatic heterocycles. The molecule has 2 unspecified atom stereocenters. The van der Waals surface area contributed by atoms with Crippen LogP contribution in [0.4, 0.5) is 4.39 Å². The number of halogens is 2. The minimum Gasteiger partial charge on any atom is -0.466 e. The van der Waals surface area contributed by atoms with E-state index in [1.807, 2.05) is 0 Å². The average Bonchev–Trinajstić information content (AvgIpc) is 2.84. The highest BCUT2D eigenvalue weighted by Crippen LogP contribution is 2.35. The third-order valence-electron chi connectivity index (χ3n) is 6.53. The molecule has 9 heteroatoms. The van der Waals surface area contributed by atoms with Crippen molar-refractivity contribution >= 4 is 40.7 Å². The summed E-state index contributed by atoms with van der Waals surface area (Å²) < 4.78 is 24.1. The third-order valence-corrected chi connectivity index (χ3v) is 6.84. The van der Waals surface area contributed by atoms with Crippen LogP contribution in [0.2, 0.25) is 5.02 Å². The Balaban J connectivity index is 1.69. The lowest BCUT2D eigenvalue weighted by Gasteiger charge is -2.39. The topological polar surface area (TPSA) is 93.9 Å². The zero-order valence-corrected chi connectivity index (χ0v) is 20.6. The smallest absolute Gasteiger partial charge is 0.336 e. The maximum atomic E-state index is 13.5. The van der Waals surface area contributed by atoms with Gasteiger partial charge < -0.3 is 18.8 Å². The molecular weight excluding hydrogens is 489 g/mol. The van der Waals surface area contributed by atoms with Gasteiger partial charge in [-0.1, -0.05) is 23.7 Å². The summed E-state index contributed by atoms with van der Waals surface area (Å²) in [5.41, 5.74) is -0.130. The molecule has 4 rings (SSSR count). The summed E-state index contributed by atoms with van der Waals surface area (Å²) in [5.74, 6) is -2.48. The van der Waals surface area contributed by atoms with E-state index in [0.29, 0.717) is 47.7 Å². The molecule has 1 aliphatic rings. The first-order valence-electron chi connectivity index (χ1n) is 11.6. The standard InChI is InChI=1S/C27H25ClFNO6/c1-3-35-26(34)27(2)9-4-10-30(15-27)25(33)21(14-31)16-5-7-19-20(13-24(32)36-23(19)11-16)18-8-6-17(29)12-22(18)28/h5-8,11-14,21H,3-4,9-10,15H2,1-2H3. The fraction of sp³-hybridized carbons (Fsp3) is 0.333. The van der Waals surface area contributed by atoms with E-state index in [1.165, 1.54) is 29.2 Å². The van der Waals surface area contributed by atoms with Crippen LogP contribution in [0.15, 0.2) is 51.7 Å². The van der Waals surface area contributed by atoms with Gasteiger partial charge in [0.15, 0.2) is 0 Å². The Labute approximate surface area is 211 Å². The SMILES string of the molecule is CCOC(=O)C1(C)CCCN(C(=O)C(C=O)c2ccc3c(-c4ccc(F)cc4Cl)cc(=O)oc3c2)C1. The minimum atomic E-state index is -1.15. The lowest BCUT2D eigenvalue weighted by Crippen LogP contribution is -2.50. The molecule has 0 bridgehead atoms. The second kappa shape index (κ2) is 10.2. The Hall–Kier alpha value is -3.52. The quantitative estimate of drug-likeness (QED) is 0.205. The van der Waals surface area contributed by atoms with Crippen LogP contribution in [0.5, 0.6) is 0 Å². The first-order valence-corrected chi connectivity index (χ1v) is 12.0. The molecule has 7 nitrogen and oxygen atoms in total. The highest BCUT2D eigenvalue weighted by molar-refractivity contribution is 6.33. The van der Waals surface area contributed by atoms with Crippen LogP contribution in [-0.2, 0) is 19.1 Å². The molecule has 2 heterocycles. The highest BCUT2D eigenvalue weighted by Gasteiger charge is 2.42. The Morgan fingerprint density at radius 1 is 1.22 bits per heavy atom. The number of aldehydes is 1. The molecule has 0 aliphatic carbocycles. The predicted molar refractivity (Wildman–Crippen MR) is 132 cm³/mol. The molecule has 188 valence electrons. The first kappa shape index (κ1) is 25.6. The zero-order valence-electron chi connectivity index (χ0n) is 19.9. The van der Waals surface area contributed by atoms with E-state index >= 15 is 0 Å². The fourth-order valence-electron chi connectivity index (χ4n) is 4.68. The van der Waals surface area contributed by atoms with E-state index in [-0.39, 0.29) is 29.7 Å². The lowest BCUT2D eigenvalue weighted by atomic mass is 9.81. The molecule has 2 atom stereocenters. The number of benzene rings is 2. The summed E-state index contributed by atoms with van der Waals surface area (Å²) >= 11 is 6.21. The molecule has 2 aromatic carbocycles. The molecular formula is C27H25ClFNO6. The monoisotopic (exact) mass is 513 g/mol. The summed E-state index contributed by atoms with van der Waals surface area (Å²) in [7, 11) is 0. The normalized spacial score (nSPS) is 18.6. The van der Waals surface area contributed by atoms with Crippen molar-refractivity contribution in [3.05, 3.63) is 69.3 Å². The second-order valence-corrected chi connectivity index (χ2v) is 9.52.